The van der Waals surface area contributed by atoms with Crippen LogP contribution in [0.5, 0.6) is 0 Å². The van der Waals surface area contributed by atoms with Crippen molar-refractivity contribution < 1.29 is 9.59 Å². The first-order valence-corrected chi connectivity index (χ1v) is 11.2. The number of amides is 1. The van der Waals surface area contributed by atoms with E-state index in [0.29, 0.717) is 25.2 Å². The van der Waals surface area contributed by atoms with E-state index in [-0.39, 0.29) is 23.8 Å². The van der Waals surface area contributed by atoms with Crippen molar-refractivity contribution in [1.82, 2.24) is 14.8 Å². The van der Waals surface area contributed by atoms with E-state index in [2.05, 4.69) is 34.1 Å². The summed E-state index contributed by atoms with van der Waals surface area (Å²) in [5, 5.41) is 0. The molecule has 0 spiro atoms. The van der Waals surface area contributed by atoms with E-state index < -0.39 is 0 Å². The predicted octanol–water partition coefficient (Wildman–Crippen LogP) is 4.61. The van der Waals surface area contributed by atoms with Crippen LogP contribution in [0.2, 0.25) is 0 Å². The molecule has 0 aliphatic carbocycles. The number of piperazine rings is 1. The Hall–Kier alpha value is -3.31. The standard InChI is InChI=1S/C25H25N3O2.C2H6/c1-19(29)23-18-27(25(30)22-13-8-14-26-17-22)15-16-28(23)24(20-9-4-2-5-10-20)21-11-6-3-7-12-21;1-2/h2-14,17,23-24H,15-16,18H2,1H3;1-2H3. The molecule has 5 nitrogen and oxygen atoms in total. The first-order valence-electron chi connectivity index (χ1n) is 11.2. The number of Topliss-reactive ketones (excluding diaryl/α,β-unsaturated/α-hetero) is 1. The number of pyridine rings is 1. The molecule has 0 bridgehead atoms. The lowest BCUT2D eigenvalue weighted by atomic mass is 9.93. The van der Waals surface area contributed by atoms with Crippen LogP contribution >= 0.6 is 0 Å². The Morgan fingerprint density at radius 1 is 0.875 bits per heavy atom. The number of carbonyl (C=O) groups is 2. The van der Waals surface area contributed by atoms with Gasteiger partial charge in [0.15, 0.2) is 0 Å². The molecule has 4 rings (SSSR count). The zero-order valence-electron chi connectivity index (χ0n) is 19.0. The molecule has 166 valence electrons. The minimum atomic E-state index is -0.371. The van der Waals surface area contributed by atoms with Crippen molar-refractivity contribution in [3.63, 3.8) is 0 Å². The fourth-order valence-corrected chi connectivity index (χ4v) is 4.17. The molecular formula is C27H31N3O2. The van der Waals surface area contributed by atoms with E-state index in [1.165, 1.54) is 0 Å². The lowest BCUT2D eigenvalue weighted by molar-refractivity contribution is -0.124. The Balaban J connectivity index is 0.00000141. The van der Waals surface area contributed by atoms with E-state index >= 15 is 0 Å². The number of hydrogen-bond acceptors (Lipinski definition) is 4. The highest BCUT2D eigenvalue weighted by Gasteiger charge is 2.37. The number of carbonyl (C=O) groups excluding carboxylic acids is 2. The third kappa shape index (κ3) is 5.29. The van der Waals surface area contributed by atoms with E-state index in [9.17, 15) is 9.59 Å². The molecule has 3 aromatic rings. The number of rotatable bonds is 5. The average molecular weight is 430 g/mol. The van der Waals surface area contributed by atoms with Gasteiger partial charge in [0, 0.05) is 32.0 Å². The number of nitrogens with zero attached hydrogens (tertiary/aromatic N) is 3. The van der Waals surface area contributed by atoms with Crippen molar-refractivity contribution in [1.29, 1.82) is 0 Å². The summed E-state index contributed by atoms with van der Waals surface area (Å²) in [5.74, 6) is -0.0134. The van der Waals surface area contributed by atoms with Gasteiger partial charge in [0.05, 0.1) is 17.6 Å². The van der Waals surface area contributed by atoms with Crippen LogP contribution in [0, 0.1) is 0 Å². The molecule has 32 heavy (non-hydrogen) atoms. The molecule has 1 atom stereocenters. The van der Waals surface area contributed by atoms with Gasteiger partial charge < -0.3 is 4.90 Å². The second kappa shape index (κ2) is 11.3. The van der Waals surface area contributed by atoms with Gasteiger partial charge in [0.1, 0.15) is 5.78 Å². The Morgan fingerprint density at radius 3 is 1.97 bits per heavy atom. The normalized spacial score (nSPS) is 16.2. The molecule has 0 radical (unpaired) electrons. The SMILES string of the molecule is CC.CC(=O)C1CN(C(=O)c2cccnc2)CCN1C(c1ccccc1)c1ccccc1. The van der Waals surface area contributed by atoms with Crippen molar-refractivity contribution in [3.8, 4) is 0 Å². The van der Waals surface area contributed by atoms with Crippen LogP contribution in [0.4, 0.5) is 0 Å². The van der Waals surface area contributed by atoms with Crippen molar-refractivity contribution in [2.24, 2.45) is 0 Å². The lowest BCUT2D eigenvalue weighted by Crippen LogP contribution is -2.58. The average Bonchev–Trinajstić information content (AvgIpc) is 2.87. The molecule has 1 aliphatic rings. The fourth-order valence-electron chi connectivity index (χ4n) is 4.17. The molecule has 1 aromatic heterocycles. The van der Waals surface area contributed by atoms with Gasteiger partial charge in [-0.25, -0.2) is 0 Å². The first kappa shape index (κ1) is 23.4. The van der Waals surface area contributed by atoms with Gasteiger partial charge in [-0.05, 0) is 30.2 Å². The molecule has 2 aromatic carbocycles. The molecule has 1 unspecified atom stereocenters. The van der Waals surface area contributed by atoms with Gasteiger partial charge in [-0.1, -0.05) is 74.5 Å². The van der Waals surface area contributed by atoms with Crippen LogP contribution in [-0.4, -0.2) is 52.2 Å². The minimum absolute atomic E-state index is 0.0445. The third-order valence-corrected chi connectivity index (χ3v) is 5.65. The molecule has 2 heterocycles. The maximum Gasteiger partial charge on any atom is 0.255 e. The van der Waals surface area contributed by atoms with Gasteiger partial charge in [0.25, 0.3) is 5.91 Å². The maximum atomic E-state index is 12.9. The summed E-state index contributed by atoms with van der Waals surface area (Å²) in [6.45, 7) is 7.17. The monoisotopic (exact) mass is 429 g/mol. The molecule has 1 amide bonds. The summed E-state index contributed by atoms with van der Waals surface area (Å²) in [7, 11) is 0. The fraction of sp³-hybridized carbons (Fsp3) is 0.296. The van der Waals surface area contributed by atoms with Crippen LogP contribution in [0.15, 0.2) is 85.2 Å². The largest absolute Gasteiger partial charge is 0.335 e. The second-order valence-electron chi connectivity index (χ2n) is 7.58. The number of hydrogen-bond donors (Lipinski definition) is 0. The minimum Gasteiger partial charge on any atom is -0.335 e. The van der Waals surface area contributed by atoms with Gasteiger partial charge >= 0.3 is 0 Å². The first-order chi connectivity index (χ1) is 15.6. The highest BCUT2D eigenvalue weighted by molar-refractivity contribution is 5.94. The Morgan fingerprint density at radius 2 is 1.47 bits per heavy atom. The van der Waals surface area contributed by atoms with E-state index in [4.69, 9.17) is 0 Å². The Bertz CT molecular complexity index is 954. The van der Waals surface area contributed by atoms with E-state index in [1.807, 2.05) is 50.2 Å². The summed E-state index contributed by atoms with van der Waals surface area (Å²) < 4.78 is 0. The van der Waals surface area contributed by atoms with Gasteiger partial charge in [-0.3, -0.25) is 19.5 Å². The number of aromatic nitrogens is 1. The molecule has 1 fully saturated rings. The maximum absolute atomic E-state index is 12.9. The van der Waals surface area contributed by atoms with Crippen molar-refractivity contribution >= 4 is 11.7 Å². The van der Waals surface area contributed by atoms with Gasteiger partial charge in [-0.15, -0.1) is 0 Å². The second-order valence-corrected chi connectivity index (χ2v) is 7.58. The molecule has 1 saturated heterocycles. The highest BCUT2D eigenvalue weighted by atomic mass is 16.2. The van der Waals surface area contributed by atoms with E-state index in [1.54, 1.807) is 36.4 Å². The molecular weight excluding hydrogens is 398 g/mol. The number of benzene rings is 2. The quantitative estimate of drug-likeness (QED) is 0.594. The van der Waals surface area contributed by atoms with Crippen LogP contribution in [-0.2, 0) is 4.79 Å². The van der Waals surface area contributed by atoms with E-state index in [0.717, 1.165) is 11.1 Å². The smallest absolute Gasteiger partial charge is 0.255 e. The summed E-state index contributed by atoms with van der Waals surface area (Å²) in [6.07, 6.45) is 3.23. The van der Waals surface area contributed by atoms with Crippen LogP contribution in [0.25, 0.3) is 0 Å². The molecule has 0 saturated carbocycles. The lowest BCUT2D eigenvalue weighted by Gasteiger charge is -2.44. The zero-order valence-corrected chi connectivity index (χ0v) is 19.0. The summed E-state index contributed by atoms with van der Waals surface area (Å²) >= 11 is 0. The molecule has 1 aliphatic heterocycles. The molecule has 0 N–H and O–H groups in total. The Labute approximate surface area is 190 Å². The summed E-state index contributed by atoms with van der Waals surface area (Å²) in [4.78, 5) is 33.7. The summed E-state index contributed by atoms with van der Waals surface area (Å²) in [5.41, 5.74) is 2.83. The van der Waals surface area contributed by atoms with Crippen molar-refractivity contribution in [2.75, 3.05) is 19.6 Å². The zero-order chi connectivity index (χ0) is 22.9. The summed E-state index contributed by atoms with van der Waals surface area (Å²) in [6, 6.07) is 23.6. The Kier molecular flexibility index (Phi) is 8.28. The predicted molar refractivity (Wildman–Crippen MR) is 127 cm³/mol. The highest BCUT2D eigenvalue weighted by Crippen LogP contribution is 2.32. The van der Waals surface area contributed by atoms with Crippen LogP contribution in [0.3, 0.4) is 0 Å². The molecule has 5 heteroatoms. The van der Waals surface area contributed by atoms with Gasteiger partial charge in [-0.2, -0.15) is 0 Å². The van der Waals surface area contributed by atoms with Crippen molar-refractivity contribution in [3.05, 3.63) is 102 Å². The third-order valence-electron chi connectivity index (χ3n) is 5.65. The number of ketones is 1. The van der Waals surface area contributed by atoms with Crippen LogP contribution in [0.1, 0.15) is 48.3 Å². The van der Waals surface area contributed by atoms with Crippen molar-refractivity contribution in [2.45, 2.75) is 32.9 Å². The van der Waals surface area contributed by atoms with Crippen LogP contribution < -0.4 is 0 Å². The topological polar surface area (TPSA) is 53.5 Å². The van der Waals surface area contributed by atoms with Gasteiger partial charge in [0.2, 0.25) is 0 Å².